The van der Waals surface area contributed by atoms with Gasteiger partial charge in [-0.15, -0.1) is 0 Å². The van der Waals surface area contributed by atoms with Crippen LogP contribution in [0.5, 0.6) is 5.75 Å². The average molecular weight is 298 g/mol. The summed E-state index contributed by atoms with van der Waals surface area (Å²) in [7, 11) is 0. The number of nitrogens with zero attached hydrogens (tertiary/aromatic N) is 1. The molecule has 0 saturated carbocycles. The maximum atomic E-state index is 10.7. The summed E-state index contributed by atoms with van der Waals surface area (Å²) in [5.74, 6) is 0.322. The van der Waals surface area contributed by atoms with Crippen molar-refractivity contribution >= 4 is 6.08 Å². The van der Waals surface area contributed by atoms with Crippen molar-refractivity contribution in [1.29, 1.82) is 5.26 Å². The van der Waals surface area contributed by atoms with Gasteiger partial charge in [-0.05, 0) is 34.6 Å². The van der Waals surface area contributed by atoms with Crippen LogP contribution in [0, 0.1) is 11.3 Å². The van der Waals surface area contributed by atoms with Gasteiger partial charge < -0.3 is 10.8 Å². The highest BCUT2D eigenvalue weighted by Gasteiger charge is 2.26. The molecule has 22 heavy (non-hydrogen) atoms. The van der Waals surface area contributed by atoms with Crippen molar-refractivity contribution in [2.45, 2.75) is 52.4 Å². The number of benzene rings is 1. The fourth-order valence-electron chi connectivity index (χ4n) is 2.25. The Bertz CT molecular complexity index is 627. The normalized spacial score (nSPS) is 12.9. The molecule has 0 aliphatic heterocycles. The van der Waals surface area contributed by atoms with Crippen molar-refractivity contribution in [3.63, 3.8) is 0 Å². The Labute approximate surface area is 133 Å². The van der Waals surface area contributed by atoms with Crippen LogP contribution in [0.4, 0.5) is 0 Å². The van der Waals surface area contributed by atoms with E-state index in [0.717, 1.165) is 16.7 Å². The summed E-state index contributed by atoms with van der Waals surface area (Å²) >= 11 is 0. The van der Waals surface area contributed by atoms with Crippen LogP contribution in [0.1, 0.15) is 58.2 Å². The second-order valence-electron chi connectivity index (χ2n) is 7.66. The Morgan fingerprint density at radius 1 is 1.14 bits per heavy atom. The first-order chi connectivity index (χ1) is 9.87. The first-order valence-electron chi connectivity index (χ1n) is 7.32. The molecular formula is C19H26N2O. The van der Waals surface area contributed by atoms with Crippen LogP contribution in [0.3, 0.4) is 0 Å². The van der Waals surface area contributed by atoms with Crippen molar-refractivity contribution in [2.24, 2.45) is 5.73 Å². The van der Waals surface area contributed by atoms with Crippen molar-refractivity contribution in [2.75, 3.05) is 0 Å². The molecule has 3 nitrogen and oxygen atoms in total. The fraction of sp³-hybridized carbons (Fsp3) is 0.421. The van der Waals surface area contributed by atoms with Gasteiger partial charge in [0.1, 0.15) is 11.8 Å². The summed E-state index contributed by atoms with van der Waals surface area (Å²) in [4.78, 5) is 0. The Morgan fingerprint density at radius 3 is 1.82 bits per heavy atom. The molecule has 3 heteroatoms. The van der Waals surface area contributed by atoms with Crippen LogP contribution in [0.25, 0.3) is 6.08 Å². The Kier molecular flexibility index (Phi) is 4.77. The average Bonchev–Trinajstić information content (AvgIpc) is 2.34. The molecule has 0 saturated heterocycles. The van der Waals surface area contributed by atoms with E-state index in [1.807, 2.05) is 12.1 Å². The molecule has 0 aliphatic rings. The second kappa shape index (κ2) is 5.88. The monoisotopic (exact) mass is 298 g/mol. The first kappa shape index (κ1) is 17.8. The minimum absolute atomic E-state index is 0.208. The lowest BCUT2D eigenvalue weighted by atomic mass is 9.78. The van der Waals surface area contributed by atoms with E-state index >= 15 is 0 Å². The van der Waals surface area contributed by atoms with E-state index < -0.39 is 0 Å². The van der Waals surface area contributed by atoms with E-state index in [1.165, 1.54) is 0 Å². The van der Waals surface area contributed by atoms with E-state index in [-0.39, 0.29) is 16.5 Å². The third-order valence-corrected chi connectivity index (χ3v) is 3.53. The van der Waals surface area contributed by atoms with Gasteiger partial charge in [0.15, 0.2) is 0 Å². The zero-order valence-corrected chi connectivity index (χ0v) is 14.4. The Hall–Kier alpha value is -2.21. The Morgan fingerprint density at radius 2 is 1.55 bits per heavy atom. The number of phenolic OH excluding ortho intramolecular Hbond substituents is 1. The van der Waals surface area contributed by atoms with Crippen molar-refractivity contribution in [3.8, 4) is 11.8 Å². The molecule has 0 spiro atoms. The number of nitriles is 1. The third-order valence-electron chi connectivity index (χ3n) is 3.53. The van der Waals surface area contributed by atoms with Crippen molar-refractivity contribution in [1.82, 2.24) is 0 Å². The molecule has 1 aromatic carbocycles. The van der Waals surface area contributed by atoms with Gasteiger partial charge in [-0.25, -0.2) is 0 Å². The number of phenols is 1. The summed E-state index contributed by atoms with van der Waals surface area (Å²) in [5.41, 5.74) is 8.35. The maximum absolute atomic E-state index is 10.7. The topological polar surface area (TPSA) is 70.0 Å². The number of hydrogen-bond acceptors (Lipinski definition) is 3. The zero-order chi connectivity index (χ0) is 17.3. The number of rotatable bonds is 2. The summed E-state index contributed by atoms with van der Waals surface area (Å²) in [6.45, 7) is 15.9. The molecular weight excluding hydrogens is 272 g/mol. The predicted molar refractivity (Wildman–Crippen MR) is 92.4 cm³/mol. The molecule has 0 heterocycles. The first-order valence-corrected chi connectivity index (χ1v) is 7.32. The second-order valence-corrected chi connectivity index (χ2v) is 7.66. The van der Waals surface area contributed by atoms with E-state index in [2.05, 4.69) is 54.2 Å². The fourth-order valence-corrected chi connectivity index (χ4v) is 2.25. The van der Waals surface area contributed by atoms with Crippen molar-refractivity contribution in [3.05, 3.63) is 46.7 Å². The van der Waals surface area contributed by atoms with Crippen LogP contribution in [-0.4, -0.2) is 5.11 Å². The van der Waals surface area contributed by atoms with Crippen LogP contribution >= 0.6 is 0 Å². The number of hydrogen-bond donors (Lipinski definition) is 2. The lowest BCUT2D eigenvalue weighted by Crippen LogP contribution is -2.17. The highest BCUT2D eigenvalue weighted by molar-refractivity contribution is 5.66. The summed E-state index contributed by atoms with van der Waals surface area (Å²) in [6.07, 6.45) is 1.71. The number of allylic oxidation sites excluding steroid dienone is 1. The zero-order valence-electron chi connectivity index (χ0n) is 14.4. The summed E-state index contributed by atoms with van der Waals surface area (Å²) in [5, 5.41) is 19.8. The predicted octanol–water partition coefficient (Wildman–Crippen LogP) is 4.37. The molecule has 1 rings (SSSR count). The summed E-state index contributed by atoms with van der Waals surface area (Å²) < 4.78 is 0. The van der Waals surface area contributed by atoms with Crippen LogP contribution in [0.15, 0.2) is 30.0 Å². The number of nitrogens with two attached hydrogens (primary N) is 1. The highest BCUT2D eigenvalue weighted by Crippen LogP contribution is 2.40. The molecule has 0 aromatic heterocycles. The third kappa shape index (κ3) is 3.92. The van der Waals surface area contributed by atoms with Gasteiger partial charge in [-0.1, -0.05) is 48.1 Å². The van der Waals surface area contributed by atoms with Crippen LogP contribution < -0.4 is 5.73 Å². The van der Waals surface area contributed by atoms with Gasteiger partial charge in [-0.3, -0.25) is 0 Å². The van der Waals surface area contributed by atoms with Gasteiger partial charge in [0, 0.05) is 16.8 Å². The lowest BCUT2D eigenvalue weighted by Gasteiger charge is -2.28. The molecule has 0 radical (unpaired) electrons. The molecule has 0 amide bonds. The largest absolute Gasteiger partial charge is 0.507 e. The van der Waals surface area contributed by atoms with E-state index in [0.29, 0.717) is 11.3 Å². The quantitative estimate of drug-likeness (QED) is 0.629. The van der Waals surface area contributed by atoms with E-state index in [1.54, 1.807) is 6.08 Å². The molecule has 0 fully saturated rings. The molecule has 0 atom stereocenters. The SMILES string of the molecule is C=C(N)/C(C#N)=C/c1cc(C(C)(C)C)c(O)c(C(C)(C)C)c1. The van der Waals surface area contributed by atoms with Crippen LogP contribution in [0.2, 0.25) is 0 Å². The minimum atomic E-state index is -0.208. The standard InChI is InChI=1S/C19H26N2O/c1-12(21)14(11-20)8-13-9-15(18(2,3)4)17(22)16(10-13)19(5,6)7/h8-10,22H,1,21H2,2-7H3/b14-8+. The molecule has 0 aliphatic carbocycles. The summed E-state index contributed by atoms with van der Waals surface area (Å²) in [6, 6.07) is 5.87. The molecule has 118 valence electrons. The molecule has 1 aromatic rings. The van der Waals surface area contributed by atoms with Gasteiger partial charge in [0.05, 0.1) is 5.57 Å². The van der Waals surface area contributed by atoms with Gasteiger partial charge in [-0.2, -0.15) is 5.26 Å². The maximum Gasteiger partial charge on any atom is 0.123 e. The van der Waals surface area contributed by atoms with Crippen molar-refractivity contribution < 1.29 is 5.11 Å². The van der Waals surface area contributed by atoms with Gasteiger partial charge in [0.2, 0.25) is 0 Å². The molecule has 3 N–H and O–H groups in total. The minimum Gasteiger partial charge on any atom is -0.507 e. The molecule has 0 unspecified atom stereocenters. The highest BCUT2D eigenvalue weighted by atomic mass is 16.3. The lowest BCUT2D eigenvalue weighted by molar-refractivity contribution is 0.423. The molecule has 0 bridgehead atoms. The van der Waals surface area contributed by atoms with E-state index in [9.17, 15) is 5.11 Å². The van der Waals surface area contributed by atoms with Crippen LogP contribution in [-0.2, 0) is 10.8 Å². The number of aromatic hydroxyl groups is 1. The Balaban J connectivity index is 3.70. The van der Waals surface area contributed by atoms with Gasteiger partial charge in [0.25, 0.3) is 0 Å². The van der Waals surface area contributed by atoms with E-state index in [4.69, 9.17) is 11.0 Å². The smallest absolute Gasteiger partial charge is 0.123 e. The van der Waals surface area contributed by atoms with Gasteiger partial charge >= 0.3 is 0 Å².